The van der Waals surface area contributed by atoms with Crippen LogP contribution >= 0.6 is 0 Å². The van der Waals surface area contributed by atoms with E-state index in [-0.39, 0.29) is 0 Å². The molecule has 0 radical (unpaired) electrons. The van der Waals surface area contributed by atoms with Crippen molar-refractivity contribution in [2.45, 2.75) is 52.4 Å². The fourth-order valence-corrected chi connectivity index (χ4v) is 235. The molecule has 1 rings (SSSR count). The Bertz CT molecular complexity index is 198. The van der Waals surface area contributed by atoms with Crippen molar-refractivity contribution in [3.8, 4) is 0 Å². The van der Waals surface area contributed by atoms with Crippen molar-refractivity contribution in [2.75, 3.05) is 0 Å². The van der Waals surface area contributed by atoms with E-state index in [1.807, 2.05) is 0 Å². The maximum absolute atomic E-state index is 2.74. The molecule has 1 aliphatic rings. The van der Waals surface area contributed by atoms with Gasteiger partial charge < -0.3 is 0 Å². The molecule has 0 atom stereocenters. The van der Waals surface area contributed by atoms with Crippen molar-refractivity contribution in [1.29, 1.82) is 0 Å². The topological polar surface area (TPSA) is 0 Å². The average Bonchev–Trinajstić information content (AvgIpc) is 1.78. The van der Waals surface area contributed by atoms with Crippen molar-refractivity contribution in [2.24, 2.45) is 0 Å². The Balaban J connectivity index is 3.07. The van der Waals surface area contributed by atoms with Gasteiger partial charge in [-0.25, -0.2) is 0 Å². The molecule has 0 aromatic heterocycles. The van der Waals surface area contributed by atoms with E-state index in [1.54, 1.807) is 0 Å². The Morgan fingerprint density at radius 2 is 0.571 bits per heavy atom. The molecule has 0 unspecified atom stereocenters. The van der Waals surface area contributed by atoms with Crippen molar-refractivity contribution >= 4 is 52.1 Å². The van der Waals surface area contributed by atoms with Crippen LogP contribution in [-0.4, -0.2) is 52.1 Å². The van der Waals surface area contributed by atoms with Crippen molar-refractivity contribution < 1.29 is 0 Å². The third-order valence-electron chi connectivity index (χ3n) is 3.92. The van der Waals surface area contributed by atoms with Crippen LogP contribution < -0.4 is 0 Å². The molecule has 0 amide bonds. The fraction of sp³-hybridized carbons (Fsp3) is 1.00. The molecule has 1 heterocycles. The van der Waals surface area contributed by atoms with Crippen molar-refractivity contribution in [1.82, 2.24) is 0 Å². The molecule has 0 nitrogen and oxygen atoms in total. The van der Waals surface area contributed by atoms with Crippen LogP contribution in [0.2, 0.25) is 52.4 Å². The summed E-state index contributed by atoms with van der Waals surface area (Å²) in [7, 11) is 0. The standard InChI is InChI=1S/C8H24Se2Si4/c1-11(2)9-13(5,6)14(7,8)10-12(11,3)4/h1-8H3. The van der Waals surface area contributed by atoms with Crippen LogP contribution in [-0.2, 0) is 0 Å². The molecule has 0 aliphatic carbocycles. The molecule has 0 aromatic rings. The molecule has 0 bridgehead atoms. The summed E-state index contributed by atoms with van der Waals surface area (Å²) >= 11 is 2.26. The molecular weight excluding hydrogens is 366 g/mol. The second-order valence-corrected chi connectivity index (χ2v) is 78.1. The first-order valence-corrected chi connectivity index (χ1v) is 29.2. The SMILES string of the molecule is C[Si]1(C)[Se][Si](C)(C)[Si](C)(C)[Se][Si]1(C)C. The molecule has 84 valence electrons. The van der Waals surface area contributed by atoms with Gasteiger partial charge in [0.15, 0.2) is 0 Å². The van der Waals surface area contributed by atoms with Gasteiger partial charge in [-0.2, -0.15) is 0 Å². The quantitative estimate of drug-likeness (QED) is 0.557. The monoisotopic (exact) mass is 392 g/mol. The Morgan fingerprint density at radius 3 is 0.714 bits per heavy atom. The van der Waals surface area contributed by atoms with Gasteiger partial charge in [0.2, 0.25) is 0 Å². The molecule has 6 heteroatoms. The Kier molecular flexibility index (Phi) is 3.69. The van der Waals surface area contributed by atoms with Crippen LogP contribution in [0.1, 0.15) is 0 Å². The van der Waals surface area contributed by atoms with Gasteiger partial charge in [-0.15, -0.1) is 0 Å². The number of hydrogen-bond donors (Lipinski definition) is 0. The summed E-state index contributed by atoms with van der Waals surface area (Å²) in [6, 6.07) is 0. The van der Waals surface area contributed by atoms with Gasteiger partial charge in [0, 0.05) is 0 Å². The van der Waals surface area contributed by atoms with Gasteiger partial charge in [0.1, 0.15) is 0 Å². The van der Waals surface area contributed by atoms with Crippen LogP contribution in [0.5, 0.6) is 0 Å². The van der Waals surface area contributed by atoms with E-state index in [4.69, 9.17) is 0 Å². The van der Waals surface area contributed by atoms with Crippen LogP contribution in [0.25, 0.3) is 0 Å². The normalized spacial score (nSPS) is 32.6. The summed E-state index contributed by atoms with van der Waals surface area (Å²) in [4.78, 5) is 0. The van der Waals surface area contributed by atoms with Crippen molar-refractivity contribution in [3.63, 3.8) is 0 Å². The van der Waals surface area contributed by atoms with E-state index in [2.05, 4.69) is 52.4 Å². The zero-order valence-electron chi connectivity index (χ0n) is 10.8. The maximum atomic E-state index is 2.74. The molecule has 1 fully saturated rings. The van der Waals surface area contributed by atoms with E-state index in [0.29, 0.717) is 0 Å². The molecular formula is C8H24Se2Si4. The average molecular weight is 391 g/mol. The summed E-state index contributed by atoms with van der Waals surface area (Å²) in [6.07, 6.45) is -2.87. The minimum atomic E-state index is -0.717. The third kappa shape index (κ3) is 2.28. The summed E-state index contributed by atoms with van der Waals surface area (Å²) in [5, 5.41) is 0. The van der Waals surface area contributed by atoms with Crippen LogP contribution in [0.4, 0.5) is 0 Å². The number of rotatable bonds is 0. The van der Waals surface area contributed by atoms with Gasteiger partial charge in [0.05, 0.1) is 0 Å². The second kappa shape index (κ2) is 3.70. The first-order chi connectivity index (χ1) is 5.91. The van der Waals surface area contributed by atoms with Gasteiger partial charge >= 0.3 is 105 Å². The Morgan fingerprint density at radius 1 is 0.429 bits per heavy atom. The Hall–Kier alpha value is 1.91. The summed E-state index contributed by atoms with van der Waals surface area (Å²) in [6.45, 7) is 21.9. The zero-order valence-corrected chi connectivity index (χ0v) is 18.2. The predicted octanol–water partition coefficient (Wildman–Crippen LogP) is 2.39. The van der Waals surface area contributed by atoms with E-state index in [9.17, 15) is 0 Å². The molecule has 0 spiro atoms. The van der Waals surface area contributed by atoms with E-state index in [0.717, 1.165) is 27.4 Å². The van der Waals surface area contributed by atoms with Gasteiger partial charge in [-0.1, -0.05) is 0 Å². The van der Waals surface area contributed by atoms with Crippen LogP contribution in [0, 0.1) is 0 Å². The van der Waals surface area contributed by atoms with Gasteiger partial charge in [0.25, 0.3) is 0 Å². The van der Waals surface area contributed by atoms with E-state index < -0.39 is 24.8 Å². The molecule has 1 aliphatic heterocycles. The van der Waals surface area contributed by atoms with Gasteiger partial charge in [-0.05, 0) is 0 Å². The molecule has 14 heavy (non-hydrogen) atoms. The third-order valence-corrected chi connectivity index (χ3v) is 143. The molecule has 0 saturated carbocycles. The van der Waals surface area contributed by atoms with E-state index >= 15 is 0 Å². The second-order valence-electron chi connectivity index (χ2n) is 6.25. The molecule has 0 aromatic carbocycles. The van der Waals surface area contributed by atoms with E-state index in [1.165, 1.54) is 0 Å². The summed E-state index contributed by atoms with van der Waals surface area (Å²) in [5.41, 5.74) is 0. The van der Waals surface area contributed by atoms with Crippen LogP contribution in [0.3, 0.4) is 0 Å². The Labute approximate surface area is 104 Å². The summed E-state index contributed by atoms with van der Waals surface area (Å²) < 4.78 is 0. The molecule has 1 saturated heterocycles. The fourth-order valence-electron chi connectivity index (χ4n) is 1.77. The van der Waals surface area contributed by atoms with Crippen molar-refractivity contribution in [3.05, 3.63) is 0 Å². The summed E-state index contributed by atoms with van der Waals surface area (Å²) in [5.74, 6) is 0. The molecule has 0 N–H and O–H groups in total. The van der Waals surface area contributed by atoms with Gasteiger partial charge in [-0.3, -0.25) is 0 Å². The first kappa shape index (κ1) is 14.0. The first-order valence-electron chi connectivity index (χ1n) is 5.32. The predicted molar refractivity (Wildman–Crippen MR) is 81.4 cm³/mol. The van der Waals surface area contributed by atoms with Crippen LogP contribution in [0.15, 0.2) is 0 Å². The minimum absolute atomic E-state index is 0.717. The number of hydrogen-bond acceptors (Lipinski definition) is 0. The zero-order chi connectivity index (χ0) is 11.4.